The normalized spacial score (nSPS) is 21.1. The maximum Gasteiger partial charge on any atom is 0.247 e. The Morgan fingerprint density at radius 1 is 0.900 bits per heavy atom. The number of nitrogens with zero attached hydrogens (tertiary/aromatic N) is 3. The average molecular weight is 542 g/mol. The molecule has 3 aliphatic rings. The molecule has 0 saturated heterocycles. The van der Waals surface area contributed by atoms with Gasteiger partial charge in [-0.15, -0.1) is 0 Å². The van der Waals surface area contributed by atoms with Crippen molar-refractivity contribution in [1.29, 1.82) is 5.26 Å². The largest absolute Gasteiger partial charge is 0.494 e. The van der Waals surface area contributed by atoms with Gasteiger partial charge >= 0.3 is 0 Å². The zero-order valence-corrected chi connectivity index (χ0v) is 23.4. The number of carbonyl (C=O) groups is 1. The summed E-state index contributed by atoms with van der Waals surface area (Å²) in [5.41, 5.74) is 2.60. The number of allylic oxidation sites excluding steroid dienone is 2. The summed E-state index contributed by atoms with van der Waals surface area (Å²) < 4.78 is 17.6. The maximum absolute atomic E-state index is 13.6. The standard InChI is InChI=1S/C33H39N3O4/c1-38-30-19-16-25(22-31(30)40-21-9-8-20-39-27-17-14-24(23-34)15-18-27)32-28-12-6-7-13-29(28)33(37)36(35-32)26-10-4-2-3-5-11-26/h6-7,14-19,22,26,28-29H,2-5,8-13,20-21H2,1H3. The summed E-state index contributed by atoms with van der Waals surface area (Å²) in [6, 6.07) is 15.5. The van der Waals surface area contributed by atoms with E-state index >= 15 is 0 Å². The van der Waals surface area contributed by atoms with Crippen LogP contribution >= 0.6 is 0 Å². The summed E-state index contributed by atoms with van der Waals surface area (Å²) in [6.45, 7) is 1.11. The molecule has 0 spiro atoms. The smallest absolute Gasteiger partial charge is 0.247 e. The lowest BCUT2D eigenvalue weighted by Crippen LogP contribution is -2.49. The number of rotatable bonds is 10. The van der Waals surface area contributed by atoms with Gasteiger partial charge in [0.2, 0.25) is 5.91 Å². The van der Waals surface area contributed by atoms with Gasteiger partial charge in [-0.3, -0.25) is 4.79 Å². The van der Waals surface area contributed by atoms with Gasteiger partial charge in [0.05, 0.1) is 49.6 Å². The zero-order valence-electron chi connectivity index (χ0n) is 23.4. The number of nitriles is 1. The molecular formula is C33H39N3O4. The first kappa shape index (κ1) is 27.8. The minimum absolute atomic E-state index is 0.0525. The van der Waals surface area contributed by atoms with Crippen molar-refractivity contribution < 1.29 is 19.0 Å². The van der Waals surface area contributed by atoms with Crippen molar-refractivity contribution in [2.45, 2.75) is 70.3 Å². The van der Waals surface area contributed by atoms with Crippen molar-refractivity contribution in [3.63, 3.8) is 0 Å². The Kier molecular flexibility index (Phi) is 9.38. The Balaban J connectivity index is 1.26. The van der Waals surface area contributed by atoms with Gasteiger partial charge in [-0.1, -0.05) is 37.8 Å². The van der Waals surface area contributed by atoms with Gasteiger partial charge in [0, 0.05) is 11.5 Å². The number of carbonyl (C=O) groups excluding carboxylic acids is 1. The van der Waals surface area contributed by atoms with E-state index in [9.17, 15) is 4.79 Å². The van der Waals surface area contributed by atoms with Crippen LogP contribution in [0.3, 0.4) is 0 Å². The molecule has 1 amide bonds. The minimum atomic E-state index is -0.0525. The number of fused-ring (bicyclic) bond motifs is 1. The van der Waals surface area contributed by atoms with Gasteiger partial charge in [-0.05, 0) is 81.0 Å². The lowest BCUT2D eigenvalue weighted by molar-refractivity contribution is -0.140. The number of benzene rings is 2. The van der Waals surface area contributed by atoms with Crippen LogP contribution in [0.15, 0.2) is 59.7 Å². The molecule has 7 heteroatoms. The number of hydrazone groups is 1. The van der Waals surface area contributed by atoms with E-state index in [4.69, 9.17) is 24.6 Å². The third kappa shape index (κ3) is 6.50. The Morgan fingerprint density at radius 2 is 1.60 bits per heavy atom. The summed E-state index contributed by atoms with van der Waals surface area (Å²) in [6.07, 6.45) is 14.5. The third-order valence-electron chi connectivity index (χ3n) is 8.22. The molecular weight excluding hydrogens is 502 g/mol. The summed E-state index contributed by atoms with van der Waals surface area (Å²) in [5.74, 6) is 2.36. The molecule has 0 N–H and O–H groups in total. The average Bonchev–Trinajstić information content (AvgIpc) is 3.29. The van der Waals surface area contributed by atoms with Crippen molar-refractivity contribution in [1.82, 2.24) is 5.01 Å². The van der Waals surface area contributed by atoms with E-state index in [0.29, 0.717) is 30.3 Å². The van der Waals surface area contributed by atoms with Crippen LogP contribution in [0.2, 0.25) is 0 Å². The van der Waals surface area contributed by atoms with E-state index in [1.165, 1.54) is 12.8 Å². The van der Waals surface area contributed by atoms with E-state index < -0.39 is 0 Å². The van der Waals surface area contributed by atoms with Gasteiger partial charge in [0.15, 0.2) is 11.5 Å². The SMILES string of the molecule is COc1ccc(C2=NN(C3CCCCCC3)C(=O)C3CC=CCC23)cc1OCCCCOc1ccc(C#N)cc1. The molecule has 210 valence electrons. The maximum atomic E-state index is 13.6. The molecule has 5 rings (SSSR count). The van der Waals surface area contributed by atoms with Crippen LogP contribution in [0.4, 0.5) is 0 Å². The highest BCUT2D eigenvalue weighted by Gasteiger charge is 2.42. The molecule has 0 bridgehead atoms. The van der Waals surface area contributed by atoms with Gasteiger partial charge in [-0.25, -0.2) is 5.01 Å². The Hall–Kier alpha value is -3.79. The minimum Gasteiger partial charge on any atom is -0.494 e. The van der Waals surface area contributed by atoms with Crippen molar-refractivity contribution >= 4 is 11.6 Å². The fourth-order valence-corrected chi connectivity index (χ4v) is 5.99. The Bertz CT molecular complexity index is 1260. The number of ether oxygens (including phenoxy) is 3. The molecule has 1 heterocycles. The highest BCUT2D eigenvalue weighted by atomic mass is 16.5. The second-order valence-corrected chi connectivity index (χ2v) is 10.9. The van der Waals surface area contributed by atoms with Crippen molar-refractivity contribution in [2.75, 3.05) is 20.3 Å². The lowest BCUT2D eigenvalue weighted by Gasteiger charge is -2.40. The van der Waals surface area contributed by atoms with Crippen LogP contribution in [0, 0.1) is 23.2 Å². The Morgan fingerprint density at radius 3 is 2.30 bits per heavy atom. The highest BCUT2D eigenvalue weighted by molar-refractivity contribution is 6.07. The molecule has 40 heavy (non-hydrogen) atoms. The molecule has 2 aromatic carbocycles. The molecule has 2 atom stereocenters. The number of hydrogen-bond donors (Lipinski definition) is 0. The third-order valence-corrected chi connectivity index (χ3v) is 8.22. The zero-order chi connectivity index (χ0) is 27.7. The second-order valence-electron chi connectivity index (χ2n) is 10.9. The molecule has 1 fully saturated rings. The van der Waals surface area contributed by atoms with Crippen molar-refractivity contribution in [3.05, 3.63) is 65.7 Å². The summed E-state index contributed by atoms with van der Waals surface area (Å²) in [4.78, 5) is 13.6. The predicted octanol–water partition coefficient (Wildman–Crippen LogP) is 6.66. The van der Waals surface area contributed by atoms with Crippen molar-refractivity contribution in [3.8, 4) is 23.3 Å². The van der Waals surface area contributed by atoms with Gasteiger partial charge < -0.3 is 14.2 Å². The monoisotopic (exact) mass is 541 g/mol. The number of hydrogen-bond acceptors (Lipinski definition) is 6. The fourth-order valence-electron chi connectivity index (χ4n) is 5.99. The lowest BCUT2D eigenvalue weighted by atomic mass is 9.76. The summed E-state index contributed by atoms with van der Waals surface area (Å²) >= 11 is 0. The van der Waals surface area contributed by atoms with Crippen LogP contribution < -0.4 is 14.2 Å². The number of unbranched alkanes of at least 4 members (excludes halogenated alkanes) is 1. The molecule has 0 aromatic heterocycles. The van der Waals surface area contributed by atoms with E-state index in [0.717, 1.165) is 68.4 Å². The number of amides is 1. The molecule has 2 aliphatic carbocycles. The molecule has 1 aliphatic heterocycles. The van der Waals surface area contributed by atoms with E-state index in [1.54, 1.807) is 19.2 Å². The first-order valence-electron chi connectivity index (χ1n) is 14.7. The molecule has 0 radical (unpaired) electrons. The first-order valence-corrected chi connectivity index (χ1v) is 14.7. The first-order chi connectivity index (χ1) is 19.7. The Labute approximate surface area is 237 Å². The topological polar surface area (TPSA) is 84.2 Å². The van der Waals surface area contributed by atoms with Crippen LogP contribution in [-0.4, -0.2) is 43.0 Å². The summed E-state index contributed by atoms with van der Waals surface area (Å²) in [5, 5.41) is 15.8. The summed E-state index contributed by atoms with van der Waals surface area (Å²) in [7, 11) is 1.65. The molecule has 2 unspecified atom stereocenters. The molecule has 1 saturated carbocycles. The second kappa shape index (κ2) is 13.5. The highest BCUT2D eigenvalue weighted by Crippen LogP contribution is 2.39. The number of methoxy groups -OCH3 is 1. The van der Waals surface area contributed by atoms with Gasteiger partial charge in [0.25, 0.3) is 0 Å². The quantitative estimate of drug-likeness (QED) is 0.191. The predicted molar refractivity (Wildman–Crippen MR) is 155 cm³/mol. The van der Waals surface area contributed by atoms with E-state index in [1.807, 2.05) is 35.3 Å². The van der Waals surface area contributed by atoms with Crippen LogP contribution in [0.5, 0.6) is 17.2 Å². The van der Waals surface area contributed by atoms with Crippen LogP contribution in [-0.2, 0) is 4.79 Å². The van der Waals surface area contributed by atoms with Crippen LogP contribution in [0.1, 0.15) is 75.3 Å². The van der Waals surface area contributed by atoms with E-state index in [2.05, 4.69) is 18.2 Å². The van der Waals surface area contributed by atoms with Crippen LogP contribution in [0.25, 0.3) is 0 Å². The van der Waals surface area contributed by atoms with Gasteiger partial charge in [-0.2, -0.15) is 10.4 Å². The van der Waals surface area contributed by atoms with Crippen molar-refractivity contribution in [2.24, 2.45) is 16.9 Å². The van der Waals surface area contributed by atoms with E-state index in [-0.39, 0.29) is 23.8 Å². The molecule has 2 aromatic rings. The fraction of sp³-hybridized carbons (Fsp3) is 0.485. The van der Waals surface area contributed by atoms with Gasteiger partial charge in [0.1, 0.15) is 5.75 Å². The molecule has 7 nitrogen and oxygen atoms in total.